The molecular formula is C20H24N4O2S. The van der Waals surface area contributed by atoms with Gasteiger partial charge in [0.2, 0.25) is 10.0 Å². The van der Waals surface area contributed by atoms with Crippen molar-refractivity contribution < 1.29 is 8.42 Å². The molecule has 1 aromatic carbocycles. The van der Waals surface area contributed by atoms with Gasteiger partial charge in [-0.15, -0.1) is 0 Å². The highest BCUT2D eigenvalue weighted by Gasteiger charge is 2.31. The second-order valence-electron chi connectivity index (χ2n) is 7.05. The van der Waals surface area contributed by atoms with Gasteiger partial charge in [0.15, 0.2) is 0 Å². The number of anilines is 1. The summed E-state index contributed by atoms with van der Waals surface area (Å²) in [6.45, 7) is 9.28. The first-order valence-electron chi connectivity index (χ1n) is 8.94. The smallest absolute Gasteiger partial charge is 0.243 e. The fourth-order valence-electron chi connectivity index (χ4n) is 3.45. The summed E-state index contributed by atoms with van der Waals surface area (Å²) < 4.78 is 27.7. The fraction of sp³-hybridized carbons (Fsp3) is 0.400. The minimum absolute atomic E-state index is 0.370. The molecule has 0 N–H and O–H groups in total. The van der Waals surface area contributed by atoms with Crippen molar-refractivity contribution in [2.24, 2.45) is 0 Å². The molecule has 2 aromatic rings. The molecule has 0 aliphatic carbocycles. The number of sulfonamides is 1. The summed E-state index contributed by atoms with van der Waals surface area (Å²) in [6, 6.07) is 9.62. The number of benzene rings is 1. The maximum atomic E-state index is 13.1. The molecule has 142 valence electrons. The lowest BCUT2D eigenvalue weighted by Gasteiger charge is -2.35. The molecule has 7 heteroatoms. The normalized spacial score (nSPS) is 15.6. The minimum Gasteiger partial charge on any atom is -0.353 e. The lowest BCUT2D eigenvalue weighted by Crippen LogP contribution is -2.49. The summed E-state index contributed by atoms with van der Waals surface area (Å²) in [6.07, 6.45) is 0. The first kappa shape index (κ1) is 19.3. The quantitative estimate of drug-likeness (QED) is 0.813. The predicted molar refractivity (Wildman–Crippen MR) is 105 cm³/mol. The van der Waals surface area contributed by atoms with Crippen LogP contribution in [-0.4, -0.2) is 43.9 Å². The number of hydrogen-bond donors (Lipinski definition) is 0. The van der Waals surface area contributed by atoms with Crippen LogP contribution in [0.25, 0.3) is 0 Å². The molecule has 1 aliphatic rings. The molecule has 0 bridgehead atoms. The molecule has 6 nitrogen and oxygen atoms in total. The second-order valence-corrected chi connectivity index (χ2v) is 8.96. The van der Waals surface area contributed by atoms with Gasteiger partial charge < -0.3 is 4.90 Å². The molecule has 27 heavy (non-hydrogen) atoms. The van der Waals surface area contributed by atoms with Gasteiger partial charge >= 0.3 is 0 Å². The van der Waals surface area contributed by atoms with Crippen LogP contribution in [0.15, 0.2) is 29.2 Å². The Labute approximate surface area is 161 Å². The van der Waals surface area contributed by atoms with Gasteiger partial charge in [0.25, 0.3) is 0 Å². The van der Waals surface area contributed by atoms with E-state index in [1.807, 2.05) is 50.8 Å². The Hall–Kier alpha value is -2.43. The van der Waals surface area contributed by atoms with E-state index in [-0.39, 0.29) is 0 Å². The van der Waals surface area contributed by atoms with Crippen LogP contribution in [0.3, 0.4) is 0 Å². The van der Waals surface area contributed by atoms with E-state index >= 15 is 0 Å². The molecule has 3 rings (SSSR count). The minimum atomic E-state index is -3.53. The summed E-state index contributed by atoms with van der Waals surface area (Å²) in [7, 11) is -3.53. The van der Waals surface area contributed by atoms with E-state index in [4.69, 9.17) is 0 Å². The van der Waals surface area contributed by atoms with Crippen molar-refractivity contribution >= 4 is 15.8 Å². The summed E-state index contributed by atoms with van der Waals surface area (Å²) in [5.74, 6) is 0.652. The number of hydrogen-bond acceptors (Lipinski definition) is 5. The van der Waals surface area contributed by atoms with Crippen LogP contribution in [0.2, 0.25) is 0 Å². The highest BCUT2D eigenvalue weighted by atomic mass is 32.2. The average molecular weight is 385 g/mol. The summed E-state index contributed by atoms with van der Waals surface area (Å²) in [5.41, 5.74) is 3.99. The molecule has 1 saturated heterocycles. The zero-order valence-electron chi connectivity index (χ0n) is 16.2. The molecule has 1 aromatic heterocycles. The maximum Gasteiger partial charge on any atom is 0.243 e. The number of rotatable bonds is 3. The number of nitrogens with zero attached hydrogens (tertiary/aromatic N) is 4. The van der Waals surface area contributed by atoms with E-state index < -0.39 is 10.0 Å². The largest absolute Gasteiger partial charge is 0.353 e. The Kier molecular flexibility index (Phi) is 5.22. The Morgan fingerprint density at radius 1 is 1.00 bits per heavy atom. The first-order valence-corrected chi connectivity index (χ1v) is 10.4. The predicted octanol–water partition coefficient (Wildman–Crippen LogP) is 2.70. The molecule has 0 radical (unpaired) electrons. The van der Waals surface area contributed by atoms with Gasteiger partial charge in [-0.3, -0.25) is 0 Å². The van der Waals surface area contributed by atoms with Crippen molar-refractivity contribution in [1.82, 2.24) is 9.29 Å². The molecule has 0 atom stereocenters. The van der Waals surface area contributed by atoms with Crippen LogP contribution >= 0.6 is 0 Å². The van der Waals surface area contributed by atoms with Crippen molar-refractivity contribution in [1.29, 1.82) is 5.26 Å². The number of pyridine rings is 1. The van der Waals surface area contributed by atoms with E-state index in [2.05, 4.69) is 11.1 Å². The topological polar surface area (TPSA) is 77.3 Å². The SMILES string of the molecule is Cc1ccc(C)c(S(=O)(=O)N2CCN(c3nc(C)cc(C)c3C#N)CC2)c1. The third kappa shape index (κ3) is 3.68. The first-order chi connectivity index (χ1) is 12.7. The second kappa shape index (κ2) is 7.29. The van der Waals surface area contributed by atoms with Gasteiger partial charge in [-0.05, 0) is 56.5 Å². The van der Waals surface area contributed by atoms with Crippen molar-refractivity contribution in [3.05, 3.63) is 52.2 Å². The lowest BCUT2D eigenvalue weighted by atomic mass is 10.1. The van der Waals surface area contributed by atoms with Crippen molar-refractivity contribution in [2.45, 2.75) is 32.6 Å². The monoisotopic (exact) mass is 384 g/mol. The van der Waals surface area contributed by atoms with E-state index in [1.165, 1.54) is 4.31 Å². The van der Waals surface area contributed by atoms with Gasteiger partial charge in [0.1, 0.15) is 11.9 Å². The van der Waals surface area contributed by atoms with Crippen molar-refractivity contribution in [3.63, 3.8) is 0 Å². The highest BCUT2D eigenvalue weighted by Crippen LogP contribution is 2.26. The zero-order valence-corrected chi connectivity index (χ0v) is 17.0. The Bertz CT molecular complexity index is 1020. The van der Waals surface area contributed by atoms with Gasteiger partial charge in [-0.2, -0.15) is 9.57 Å². The van der Waals surface area contributed by atoms with Crippen LogP contribution in [-0.2, 0) is 10.0 Å². The molecule has 0 unspecified atom stereocenters. The van der Waals surface area contributed by atoms with Gasteiger partial charge in [-0.25, -0.2) is 13.4 Å². The molecule has 1 fully saturated rings. The van der Waals surface area contributed by atoms with Crippen LogP contribution in [0.5, 0.6) is 0 Å². The van der Waals surface area contributed by atoms with Crippen molar-refractivity contribution in [3.8, 4) is 6.07 Å². The number of piperazine rings is 1. The van der Waals surface area contributed by atoms with Crippen molar-refractivity contribution in [2.75, 3.05) is 31.1 Å². The van der Waals surface area contributed by atoms with Gasteiger partial charge in [0.05, 0.1) is 10.5 Å². The van der Waals surface area contributed by atoms with Crippen LogP contribution in [0.1, 0.15) is 27.9 Å². The Balaban J connectivity index is 1.84. The van der Waals surface area contributed by atoms with E-state index in [0.717, 1.165) is 22.4 Å². The molecule has 0 saturated carbocycles. The standard InChI is InChI=1S/C20H24N4O2S/c1-14-5-6-15(2)19(11-14)27(25,26)24-9-7-23(8-10-24)20-18(13-21)16(3)12-17(4)22-20/h5-6,11-12H,7-10H2,1-4H3. The fourth-order valence-corrected chi connectivity index (χ4v) is 5.18. The van der Waals surface area contributed by atoms with E-state index in [1.54, 1.807) is 6.07 Å². The molecule has 1 aliphatic heterocycles. The molecule has 0 amide bonds. The van der Waals surface area contributed by atoms with Gasteiger partial charge in [0, 0.05) is 31.9 Å². The number of nitriles is 1. The van der Waals surface area contributed by atoms with E-state index in [0.29, 0.717) is 42.5 Å². The summed E-state index contributed by atoms with van der Waals surface area (Å²) >= 11 is 0. The third-order valence-corrected chi connectivity index (χ3v) is 6.98. The van der Waals surface area contributed by atoms with Crippen LogP contribution in [0.4, 0.5) is 5.82 Å². The molecule has 2 heterocycles. The number of aryl methyl sites for hydroxylation is 4. The van der Waals surface area contributed by atoms with Gasteiger partial charge in [-0.1, -0.05) is 12.1 Å². The summed E-state index contributed by atoms with van der Waals surface area (Å²) in [4.78, 5) is 6.92. The molecular weight excluding hydrogens is 360 g/mol. The van der Waals surface area contributed by atoms with Crippen LogP contribution in [0, 0.1) is 39.0 Å². The van der Waals surface area contributed by atoms with E-state index in [9.17, 15) is 13.7 Å². The highest BCUT2D eigenvalue weighted by molar-refractivity contribution is 7.89. The average Bonchev–Trinajstić information content (AvgIpc) is 2.63. The Morgan fingerprint density at radius 3 is 2.30 bits per heavy atom. The lowest BCUT2D eigenvalue weighted by molar-refractivity contribution is 0.383. The van der Waals surface area contributed by atoms with Crippen LogP contribution < -0.4 is 4.90 Å². The zero-order chi connectivity index (χ0) is 19.8. The summed E-state index contributed by atoms with van der Waals surface area (Å²) in [5, 5.41) is 9.48. The Morgan fingerprint density at radius 2 is 1.67 bits per heavy atom. The third-order valence-electron chi connectivity index (χ3n) is 4.94. The number of aromatic nitrogens is 1. The molecule has 0 spiro atoms. The maximum absolute atomic E-state index is 13.1.